The van der Waals surface area contributed by atoms with E-state index in [1.807, 2.05) is 67.9 Å². The van der Waals surface area contributed by atoms with E-state index in [0.717, 1.165) is 45.6 Å². The average molecular weight is 539 g/mol. The molecule has 7 heteroatoms. The zero-order valence-electron chi connectivity index (χ0n) is 22.8. The number of carbonyl (C=O) groups is 2. The first-order chi connectivity index (χ1) is 18.9. The van der Waals surface area contributed by atoms with Crippen LogP contribution in [0.4, 0.5) is 5.82 Å². The van der Waals surface area contributed by atoms with E-state index in [4.69, 9.17) is 5.10 Å². The first-order valence-corrected chi connectivity index (χ1v) is 14.4. The molecule has 0 fully saturated rings. The lowest BCUT2D eigenvalue weighted by atomic mass is 9.98. The number of anilines is 1. The molecule has 1 N–H and O–H groups in total. The minimum atomic E-state index is -0.179. The number of para-hydroxylation sites is 1. The van der Waals surface area contributed by atoms with Crippen LogP contribution in [0.1, 0.15) is 47.8 Å². The van der Waals surface area contributed by atoms with Crippen molar-refractivity contribution >= 4 is 29.4 Å². The summed E-state index contributed by atoms with van der Waals surface area (Å²) < 4.78 is 1.87. The lowest BCUT2D eigenvalue weighted by molar-refractivity contribution is -0.123. The fraction of sp³-hybridized carbons (Fsp3) is 0.281. The lowest BCUT2D eigenvalue weighted by Crippen LogP contribution is -2.44. The fourth-order valence-corrected chi connectivity index (χ4v) is 6.15. The zero-order chi connectivity index (χ0) is 27.5. The summed E-state index contributed by atoms with van der Waals surface area (Å²) in [4.78, 5) is 28.6. The molecule has 4 aromatic rings. The molecular weight excluding hydrogens is 504 g/mol. The second-order valence-corrected chi connectivity index (χ2v) is 11.2. The van der Waals surface area contributed by atoms with Crippen LogP contribution in [0, 0.1) is 13.8 Å². The number of thioether (sulfide) groups is 1. The maximum absolute atomic E-state index is 13.8. The van der Waals surface area contributed by atoms with Gasteiger partial charge in [-0.25, -0.2) is 4.68 Å². The van der Waals surface area contributed by atoms with Crippen molar-refractivity contribution in [2.24, 2.45) is 0 Å². The molecule has 2 unspecified atom stereocenters. The van der Waals surface area contributed by atoms with E-state index >= 15 is 0 Å². The quantitative estimate of drug-likeness (QED) is 0.302. The van der Waals surface area contributed by atoms with Crippen LogP contribution in [0.5, 0.6) is 0 Å². The molecule has 0 bridgehead atoms. The highest BCUT2D eigenvalue weighted by Crippen LogP contribution is 2.48. The Bertz CT molecular complexity index is 1500. The Hall–Kier alpha value is -3.84. The molecule has 39 heavy (non-hydrogen) atoms. The summed E-state index contributed by atoms with van der Waals surface area (Å²) in [5.41, 5.74) is 6.91. The highest BCUT2D eigenvalue weighted by atomic mass is 32.2. The van der Waals surface area contributed by atoms with Crippen LogP contribution in [0.2, 0.25) is 0 Å². The molecule has 1 aliphatic rings. The molecule has 0 saturated carbocycles. The van der Waals surface area contributed by atoms with E-state index in [0.29, 0.717) is 5.82 Å². The topological polar surface area (TPSA) is 67.2 Å². The number of carbonyl (C=O) groups excluding carboxylic acids is 2. The highest BCUT2D eigenvalue weighted by Gasteiger charge is 2.38. The molecule has 6 nitrogen and oxygen atoms in total. The molecule has 2 heterocycles. The van der Waals surface area contributed by atoms with Crippen molar-refractivity contribution in [3.8, 4) is 16.9 Å². The minimum absolute atomic E-state index is 0.0228. The number of hydrogen-bond donors (Lipinski definition) is 1. The van der Waals surface area contributed by atoms with Gasteiger partial charge in [-0.05, 0) is 44.4 Å². The van der Waals surface area contributed by atoms with Crippen LogP contribution in [-0.4, -0.2) is 39.9 Å². The molecule has 0 saturated heterocycles. The number of nitrogens with zero attached hydrogens (tertiary/aromatic N) is 3. The van der Waals surface area contributed by atoms with Crippen LogP contribution in [-0.2, 0) is 9.59 Å². The summed E-state index contributed by atoms with van der Waals surface area (Å²) >= 11 is 1.59. The highest BCUT2D eigenvalue weighted by molar-refractivity contribution is 8.00. The van der Waals surface area contributed by atoms with Gasteiger partial charge in [0, 0.05) is 17.2 Å². The summed E-state index contributed by atoms with van der Waals surface area (Å²) in [6.07, 6.45) is 0.815. The van der Waals surface area contributed by atoms with Crippen LogP contribution < -0.4 is 10.2 Å². The van der Waals surface area contributed by atoms with E-state index < -0.39 is 0 Å². The maximum Gasteiger partial charge on any atom is 0.240 e. The zero-order valence-corrected chi connectivity index (χ0v) is 23.7. The molecule has 1 aromatic heterocycles. The number of nitrogens with one attached hydrogen (secondary N) is 1. The van der Waals surface area contributed by atoms with Crippen molar-refractivity contribution in [3.63, 3.8) is 0 Å². The van der Waals surface area contributed by atoms with Gasteiger partial charge >= 0.3 is 0 Å². The van der Waals surface area contributed by atoms with Crippen LogP contribution >= 0.6 is 11.8 Å². The predicted octanol–water partition coefficient (Wildman–Crippen LogP) is 6.24. The van der Waals surface area contributed by atoms with Gasteiger partial charge in [-0.2, -0.15) is 5.10 Å². The number of hydrogen-bond acceptors (Lipinski definition) is 4. The molecule has 2 amide bonds. The van der Waals surface area contributed by atoms with Gasteiger partial charge < -0.3 is 5.32 Å². The van der Waals surface area contributed by atoms with Crippen molar-refractivity contribution in [2.75, 3.05) is 17.2 Å². The van der Waals surface area contributed by atoms with E-state index in [-0.39, 0.29) is 35.4 Å². The number of aryl methyl sites for hydroxylation is 2. The van der Waals surface area contributed by atoms with Crippen LogP contribution in [0.15, 0.2) is 78.9 Å². The smallest absolute Gasteiger partial charge is 0.240 e. The number of aromatic nitrogens is 2. The van der Waals surface area contributed by atoms with E-state index in [9.17, 15) is 9.59 Å². The van der Waals surface area contributed by atoms with Gasteiger partial charge in [0.2, 0.25) is 11.8 Å². The van der Waals surface area contributed by atoms with Gasteiger partial charge in [-0.1, -0.05) is 85.3 Å². The molecule has 0 spiro atoms. The normalized spacial score (nSPS) is 15.9. The Labute approximate surface area is 234 Å². The first-order valence-electron chi connectivity index (χ1n) is 13.4. The Morgan fingerprint density at radius 3 is 2.51 bits per heavy atom. The van der Waals surface area contributed by atoms with Crippen LogP contribution in [0.3, 0.4) is 0 Å². The van der Waals surface area contributed by atoms with Crippen LogP contribution in [0.25, 0.3) is 16.9 Å². The van der Waals surface area contributed by atoms with Gasteiger partial charge in [0.15, 0.2) is 0 Å². The predicted molar refractivity (Wildman–Crippen MR) is 159 cm³/mol. The Morgan fingerprint density at radius 2 is 1.79 bits per heavy atom. The lowest BCUT2D eigenvalue weighted by Gasteiger charge is -2.24. The van der Waals surface area contributed by atoms with Crippen molar-refractivity contribution in [2.45, 2.75) is 45.4 Å². The van der Waals surface area contributed by atoms with Gasteiger partial charge in [0.1, 0.15) is 12.4 Å². The Morgan fingerprint density at radius 1 is 1.05 bits per heavy atom. The molecule has 5 rings (SSSR count). The molecule has 2 atom stereocenters. The standard InChI is InChI=1S/C32H34N4O2S/c1-5-23(4)33-27(37)19-35-28(38)20-39-31(25-16-11-12-21(2)18-25)29-30(24-14-7-6-8-15-24)34-36(32(29)35)26-17-10-9-13-22(26)3/h6-18,23,31H,5,19-20H2,1-4H3,(H,33,37). The summed E-state index contributed by atoms with van der Waals surface area (Å²) in [6, 6.07) is 26.6. The van der Waals surface area contributed by atoms with Crippen molar-refractivity contribution in [3.05, 3.63) is 101 Å². The third kappa shape index (κ3) is 5.50. The average Bonchev–Trinajstić information content (AvgIpc) is 3.25. The van der Waals surface area contributed by atoms with Gasteiger partial charge in [-0.3, -0.25) is 14.5 Å². The third-order valence-corrected chi connectivity index (χ3v) is 8.40. The minimum Gasteiger partial charge on any atom is -0.352 e. The third-order valence-electron chi connectivity index (χ3n) is 7.15. The molecule has 200 valence electrons. The molecule has 3 aromatic carbocycles. The number of benzene rings is 3. The van der Waals surface area contributed by atoms with Crippen molar-refractivity contribution in [1.82, 2.24) is 15.1 Å². The molecule has 1 aliphatic heterocycles. The second kappa shape index (κ2) is 11.5. The number of rotatable bonds is 7. The fourth-order valence-electron chi connectivity index (χ4n) is 4.96. The largest absolute Gasteiger partial charge is 0.352 e. The SMILES string of the molecule is CCC(C)NC(=O)CN1C(=O)CSC(c2cccc(C)c2)c2c(-c3ccccc3)nn(-c3ccccc3C)c21. The van der Waals surface area contributed by atoms with E-state index in [1.165, 1.54) is 0 Å². The molecular formula is C32H34N4O2S. The summed E-state index contributed by atoms with van der Waals surface area (Å²) in [6.45, 7) is 8.06. The monoisotopic (exact) mass is 538 g/mol. The Kier molecular flexibility index (Phi) is 7.89. The summed E-state index contributed by atoms with van der Waals surface area (Å²) in [7, 11) is 0. The molecule has 0 radical (unpaired) electrons. The number of fused-ring (bicyclic) bond motifs is 1. The summed E-state index contributed by atoms with van der Waals surface area (Å²) in [5.74, 6) is 0.627. The van der Waals surface area contributed by atoms with E-state index in [2.05, 4.69) is 48.6 Å². The Balaban J connectivity index is 1.79. The van der Waals surface area contributed by atoms with E-state index in [1.54, 1.807) is 16.7 Å². The molecule has 0 aliphatic carbocycles. The summed E-state index contributed by atoms with van der Waals surface area (Å²) in [5, 5.41) is 8.08. The van der Waals surface area contributed by atoms with Crippen molar-refractivity contribution in [1.29, 1.82) is 0 Å². The van der Waals surface area contributed by atoms with Gasteiger partial charge in [0.25, 0.3) is 0 Å². The second-order valence-electron chi connectivity index (χ2n) is 10.1. The maximum atomic E-state index is 13.8. The van der Waals surface area contributed by atoms with Gasteiger partial charge in [-0.15, -0.1) is 11.8 Å². The van der Waals surface area contributed by atoms with Crippen molar-refractivity contribution < 1.29 is 9.59 Å². The first kappa shape index (κ1) is 26.8. The van der Waals surface area contributed by atoms with Gasteiger partial charge in [0.05, 0.1) is 22.4 Å². The number of amides is 2.